The van der Waals surface area contributed by atoms with Gasteiger partial charge in [0.25, 0.3) is 5.91 Å². The van der Waals surface area contributed by atoms with Gasteiger partial charge in [0.2, 0.25) is 0 Å². The van der Waals surface area contributed by atoms with Crippen molar-refractivity contribution < 1.29 is 24.2 Å². The fraction of sp³-hybridized carbons (Fsp3) is 0.333. The Morgan fingerprint density at radius 3 is 2.70 bits per heavy atom. The second kappa shape index (κ2) is 8.11. The van der Waals surface area contributed by atoms with Gasteiger partial charge < -0.3 is 19.9 Å². The number of amides is 1. The van der Waals surface area contributed by atoms with Gasteiger partial charge in [-0.15, -0.1) is 0 Å². The first kappa shape index (κ1) is 18.7. The maximum Gasteiger partial charge on any atom is 0.351 e. The summed E-state index contributed by atoms with van der Waals surface area (Å²) in [7, 11) is 0. The van der Waals surface area contributed by atoms with Crippen LogP contribution < -0.4 is 11.0 Å². The van der Waals surface area contributed by atoms with Gasteiger partial charge in [-0.2, -0.15) is 4.98 Å². The summed E-state index contributed by atoms with van der Waals surface area (Å²) >= 11 is 0. The van der Waals surface area contributed by atoms with Crippen LogP contribution in [-0.4, -0.2) is 45.3 Å². The number of aromatic nitrogens is 2. The van der Waals surface area contributed by atoms with E-state index >= 15 is 0 Å². The Labute approximate surface area is 154 Å². The number of hydrogen-bond acceptors (Lipinski definition) is 7. The van der Waals surface area contributed by atoms with Gasteiger partial charge in [-0.3, -0.25) is 14.2 Å². The van der Waals surface area contributed by atoms with Crippen molar-refractivity contribution in [1.82, 2.24) is 9.55 Å². The number of aliphatic hydroxyl groups is 1. The van der Waals surface area contributed by atoms with E-state index in [1.807, 2.05) is 0 Å². The van der Waals surface area contributed by atoms with E-state index < -0.39 is 30.1 Å². The first-order valence-electron chi connectivity index (χ1n) is 8.37. The minimum Gasteiger partial charge on any atom is -0.460 e. The van der Waals surface area contributed by atoms with Gasteiger partial charge in [-0.05, 0) is 18.2 Å². The molecule has 9 nitrogen and oxygen atoms in total. The van der Waals surface area contributed by atoms with Gasteiger partial charge in [-0.1, -0.05) is 18.2 Å². The molecule has 9 heteroatoms. The number of anilines is 1. The van der Waals surface area contributed by atoms with Crippen LogP contribution in [0, 0.1) is 0 Å². The van der Waals surface area contributed by atoms with Gasteiger partial charge in [0.1, 0.15) is 24.3 Å². The molecule has 3 rings (SSSR count). The van der Waals surface area contributed by atoms with Crippen molar-refractivity contribution in [2.45, 2.75) is 31.8 Å². The Bertz CT molecular complexity index is 882. The lowest BCUT2D eigenvalue weighted by Crippen LogP contribution is -2.29. The minimum absolute atomic E-state index is 0.110. The first-order valence-corrected chi connectivity index (χ1v) is 8.37. The average Bonchev–Trinajstić information content (AvgIpc) is 3.04. The molecule has 2 N–H and O–H groups in total. The predicted molar refractivity (Wildman–Crippen MR) is 94.1 cm³/mol. The van der Waals surface area contributed by atoms with Crippen LogP contribution in [0.3, 0.4) is 0 Å². The number of carbonyl (C=O) groups is 2. The third-order valence-electron chi connectivity index (χ3n) is 4.10. The van der Waals surface area contributed by atoms with Crippen LogP contribution in [0.2, 0.25) is 0 Å². The number of ether oxygens (including phenoxy) is 2. The fourth-order valence-electron chi connectivity index (χ4n) is 2.85. The summed E-state index contributed by atoms with van der Waals surface area (Å²) in [5.41, 5.74) is -0.191. The Hall–Kier alpha value is -3.04. The smallest absolute Gasteiger partial charge is 0.351 e. The molecule has 0 bridgehead atoms. The molecule has 0 saturated carbocycles. The zero-order valence-electron chi connectivity index (χ0n) is 14.6. The fourth-order valence-corrected chi connectivity index (χ4v) is 2.85. The van der Waals surface area contributed by atoms with Crippen LogP contribution in [0.15, 0.2) is 47.4 Å². The zero-order valence-corrected chi connectivity index (χ0v) is 14.6. The molecule has 0 radical (unpaired) electrons. The average molecular weight is 373 g/mol. The van der Waals surface area contributed by atoms with Crippen molar-refractivity contribution in [2.24, 2.45) is 0 Å². The summed E-state index contributed by atoms with van der Waals surface area (Å²) in [6.07, 6.45) is -0.455. The van der Waals surface area contributed by atoms with Crippen molar-refractivity contribution >= 4 is 17.7 Å². The molecule has 0 aliphatic carbocycles. The Kier molecular flexibility index (Phi) is 5.63. The predicted octanol–water partition coefficient (Wildman–Crippen LogP) is 0.707. The lowest BCUT2D eigenvalue weighted by atomic mass is 10.2. The van der Waals surface area contributed by atoms with E-state index in [1.54, 1.807) is 30.3 Å². The van der Waals surface area contributed by atoms with Gasteiger partial charge in [0.05, 0.1) is 6.61 Å². The SMILES string of the molecule is CC(=O)O[C@H]1C[C@H](n2ccc(NC(=O)c3ccccc3)nc2=O)O[C@@H]1CO. The summed E-state index contributed by atoms with van der Waals surface area (Å²) in [5.74, 6) is -0.766. The number of carbonyl (C=O) groups excluding carboxylic acids is 2. The highest BCUT2D eigenvalue weighted by Gasteiger charge is 2.38. The van der Waals surface area contributed by atoms with Crippen molar-refractivity contribution in [3.05, 3.63) is 58.6 Å². The zero-order chi connectivity index (χ0) is 19.4. The van der Waals surface area contributed by atoms with Crippen LogP contribution >= 0.6 is 0 Å². The molecule has 0 unspecified atom stereocenters. The first-order chi connectivity index (χ1) is 13.0. The number of esters is 1. The molecule has 1 aliphatic heterocycles. The lowest BCUT2D eigenvalue weighted by molar-refractivity contribution is -0.150. The standard InChI is InChI=1S/C18H19N3O6/c1-11(23)26-13-9-16(27-14(13)10-22)21-8-7-15(20-18(21)25)19-17(24)12-5-3-2-4-6-12/h2-8,13-14,16,22H,9-10H2,1H3,(H,19,20,24,25)/t13-,14+,16+/m0/s1. The van der Waals surface area contributed by atoms with Gasteiger partial charge >= 0.3 is 11.7 Å². The van der Waals surface area contributed by atoms with Gasteiger partial charge in [0, 0.05) is 25.1 Å². The molecular weight excluding hydrogens is 354 g/mol. The Morgan fingerprint density at radius 2 is 2.07 bits per heavy atom. The molecule has 2 aromatic rings. The highest BCUT2D eigenvalue weighted by atomic mass is 16.6. The van der Waals surface area contributed by atoms with E-state index in [9.17, 15) is 19.5 Å². The van der Waals surface area contributed by atoms with Crippen molar-refractivity contribution in [2.75, 3.05) is 11.9 Å². The van der Waals surface area contributed by atoms with E-state index in [2.05, 4.69) is 10.3 Å². The molecule has 0 spiro atoms. The Balaban J connectivity index is 1.73. The number of benzene rings is 1. The molecule has 1 amide bonds. The Morgan fingerprint density at radius 1 is 1.33 bits per heavy atom. The summed E-state index contributed by atoms with van der Waals surface area (Å²) in [5, 5.41) is 11.9. The molecule has 1 fully saturated rings. The largest absolute Gasteiger partial charge is 0.460 e. The highest BCUT2D eigenvalue weighted by Crippen LogP contribution is 2.29. The summed E-state index contributed by atoms with van der Waals surface area (Å²) < 4.78 is 11.9. The van der Waals surface area contributed by atoms with Crippen molar-refractivity contribution in [3.8, 4) is 0 Å². The maximum absolute atomic E-state index is 12.3. The normalized spacial score (nSPS) is 21.6. The number of hydrogen-bond donors (Lipinski definition) is 2. The maximum atomic E-state index is 12.3. The molecule has 27 heavy (non-hydrogen) atoms. The van der Waals surface area contributed by atoms with E-state index in [0.29, 0.717) is 5.56 Å². The van der Waals surface area contributed by atoms with Gasteiger partial charge in [-0.25, -0.2) is 4.79 Å². The van der Waals surface area contributed by atoms with Gasteiger partial charge in [0.15, 0.2) is 0 Å². The molecule has 1 aromatic carbocycles. The number of rotatable bonds is 5. The summed E-state index contributed by atoms with van der Waals surface area (Å²) in [6.45, 7) is 0.918. The molecule has 1 aliphatic rings. The second-order valence-corrected chi connectivity index (χ2v) is 6.02. The van der Waals surface area contributed by atoms with Crippen LogP contribution in [0.1, 0.15) is 29.9 Å². The van der Waals surface area contributed by atoms with E-state index in [4.69, 9.17) is 9.47 Å². The number of nitrogens with one attached hydrogen (secondary N) is 1. The van der Waals surface area contributed by atoms with Crippen molar-refractivity contribution in [1.29, 1.82) is 0 Å². The third-order valence-corrected chi connectivity index (χ3v) is 4.10. The van der Waals surface area contributed by atoms with Crippen molar-refractivity contribution in [3.63, 3.8) is 0 Å². The highest BCUT2D eigenvalue weighted by molar-refractivity contribution is 6.03. The number of aliphatic hydroxyl groups excluding tert-OH is 1. The van der Waals surface area contributed by atoms with Crippen LogP contribution in [0.25, 0.3) is 0 Å². The van der Waals surface area contributed by atoms with Crippen LogP contribution in [-0.2, 0) is 14.3 Å². The van der Waals surface area contributed by atoms with E-state index in [1.165, 1.54) is 23.8 Å². The summed E-state index contributed by atoms with van der Waals surface area (Å²) in [6, 6.07) is 10.0. The van der Waals surface area contributed by atoms with Crippen LogP contribution in [0.4, 0.5) is 5.82 Å². The quantitative estimate of drug-likeness (QED) is 0.741. The third kappa shape index (κ3) is 4.39. The van der Waals surface area contributed by atoms with E-state index in [-0.39, 0.29) is 24.8 Å². The number of nitrogens with zero attached hydrogens (tertiary/aromatic N) is 2. The molecule has 1 aromatic heterocycles. The topological polar surface area (TPSA) is 120 Å². The summed E-state index contributed by atoms with van der Waals surface area (Å²) in [4.78, 5) is 39.5. The second-order valence-electron chi connectivity index (χ2n) is 6.02. The van der Waals surface area contributed by atoms with Crippen LogP contribution in [0.5, 0.6) is 0 Å². The molecule has 2 heterocycles. The molecular formula is C18H19N3O6. The molecule has 142 valence electrons. The molecule has 1 saturated heterocycles. The lowest BCUT2D eigenvalue weighted by Gasteiger charge is -2.15. The molecule has 3 atom stereocenters. The van der Waals surface area contributed by atoms with E-state index in [0.717, 1.165) is 0 Å². The monoisotopic (exact) mass is 373 g/mol. The minimum atomic E-state index is -0.731.